The molecule has 0 radical (unpaired) electrons. The van der Waals surface area contributed by atoms with Gasteiger partial charge in [-0.1, -0.05) is 18.2 Å². The summed E-state index contributed by atoms with van der Waals surface area (Å²) < 4.78 is 0. The van der Waals surface area contributed by atoms with Gasteiger partial charge in [0.25, 0.3) is 5.91 Å². The number of nitrogens with zero attached hydrogens (tertiary/aromatic N) is 2. The summed E-state index contributed by atoms with van der Waals surface area (Å²) in [7, 11) is 0. The molecule has 0 fully saturated rings. The van der Waals surface area contributed by atoms with Gasteiger partial charge in [0.1, 0.15) is 5.69 Å². The molecule has 1 amide bonds. The average Bonchev–Trinajstić information content (AvgIpc) is 2.69. The lowest BCUT2D eigenvalue weighted by molar-refractivity contribution is 0.0995. The fraction of sp³-hybridized carbons (Fsp3) is 0.200. The summed E-state index contributed by atoms with van der Waals surface area (Å²) in [6.45, 7) is 2.56. The van der Waals surface area contributed by atoms with Crippen molar-refractivity contribution < 1.29 is 4.79 Å². The first-order chi connectivity index (χ1) is 9.75. The van der Waals surface area contributed by atoms with Gasteiger partial charge >= 0.3 is 0 Å². The van der Waals surface area contributed by atoms with Crippen LogP contribution in [0.25, 0.3) is 0 Å². The number of anilines is 2. The Morgan fingerprint density at radius 2 is 2.15 bits per heavy atom. The normalized spacial score (nSPS) is 14.5. The highest BCUT2D eigenvalue weighted by Gasteiger charge is 2.17. The number of pyridine rings is 1. The number of aromatic nitrogens is 1. The van der Waals surface area contributed by atoms with Gasteiger partial charge in [-0.2, -0.15) is 0 Å². The van der Waals surface area contributed by atoms with Gasteiger partial charge in [0.05, 0.1) is 0 Å². The van der Waals surface area contributed by atoms with E-state index in [1.165, 1.54) is 5.56 Å². The Morgan fingerprint density at radius 1 is 1.30 bits per heavy atom. The topological polar surface area (TPSA) is 71.2 Å². The number of para-hydroxylation sites is 1. The van der Waals surface area contributed by atoms with Crippen LogP contribution in [0.5, 0.6) is 0 Å². The number of benzene rings is 1. The van der Waals surface area contributed by atoms with E-state index in [0.717, 1.165) is 31.0 Å². The largest absolute Gasteiger partial charge is 0.364 e. The minimum Gasteiger partial charge on any atom is -0.364 e. The van der Waals surface area contributed by atoms with E-state index < -0.39 is 5.91 Å². The fourth-order valence-corrected chi connectivity index (χ4v) is 2.45. The second-order valence-electron chi connectivity index (χ2n) is 4.72. The lowest BCUT2D eigenvalue weighted by Gasteiger charge is -2.24. The molecule has 5 nitrogen and oxygen atoms in total. The second kappa shape index (κ2) is 5.30. The number of primary amides is 1. The third-order valence-corrected chi connectivity index (χ3v) is 3.42. The van der Waals surface area contributed by atoms with Gasteiger partial charge in [-0.3, -0.25) is 9.78 Å². The summed E-state index contributed by atoms with van der Waals surface area (Å²) >= 11 is 0. The van der Waals surface area contributed by atoms with E-state index in [-0.39, 0.29) is 5.69 Å². The number of nitrogens with one attached hydrogen (secondary N) is 1. The molecule has 1 aromatic heterocycles. The molecule has 3 N–H and O–H groups in total. The van der Waals surface area contributed by atoms with Crippen LogP contribution in [-0.4, -0.2) is 24.0 Å². The van der Waals surface area contributed by atoms with Crippen molar-refractivity contribution in [3.63, 3.8) is 0 Å². The van der Waals surface area contributed by atoms with Crippen molar-refractivity contribution in [3.8, 4) is 0 Å². The zero-order valence-electron chi connectivity index (χ0n) is 11.0. The lowest BCUT2D eigenvalue weighted by Crippen LogP contribution is -2.25. The van der Waals surface area contributed by atoms with Crippen LogP contribution in [0.1, 0.15) is 16.1 Å². The molecule has 0 atom stereocenters. The Morgan fingerprint density at radius 3 is 3.00 bits per heavy atom. The molecular weight excluding hydrogens is 252 g/mol. The molecule has 20 heavy (non-hydrogen) atoms. The first-order valence-electron chi connectivity index (χ1n) is 6.58. The van der Waals surface area contributed by atoms with E-state index in [4.69, 9.17) is 5.73 Å². The van der Waals surface area contributed by atoms with E-state index in [1.54, 1.807) is 12.3 Å². The number of carbonyl (C=O) groups excluding carboxylic acids is 1. The molecule has 3 rings (SSSR count). The highest BCUT2D eigenvalue weighted by atomic mass is 16.1. The van der Waals surface area contributed by atoms with Crippen molar-refractivity contribution in [2.75, 3.05) is 18.0 Å². The van der Waals surface area contributed by atoms with Crippen LogP contribution in [0, 0.1) is 0 Å². The lowest BCUT2D eigenvalue weighted by atomic mass is 10.1. The molecule has 0 bridgehead atoms. The third-order valence-electron chi connectivity index (χ3n) is 3.42. The summed E-state index contributed by atoms with van der Waals surface area (Å²) in [6.07, 6.45) is 1.62. The van der Waals surface area contributed by atoms with Crippen LogP contribution >= 0.6 is 0 Å². The number of hydrogen-bond donors (Lipinski definition) is 2. The second-order valence-corrected chi connectivity index (χ2v) is 4.72. The van der Waals surface area contributed by atoms with Gasteiger partial charge in [0.2, 0.25) is 0 Å². The van der Waals surface area contributed by atoms with Crippen molar-refractivity contribution in [3.05, 3.63) is 53.9 Å². The maximum absolute atomic E-state index is 11.3. The Kier molecular flexibility index (Phi) is 3.35. The standard InChI is InChI=1S/C15H16N4O/c16-15(20)13-9-12(5-6-18-13)19-8-7-17-10-11-3-1-2-4-14(11)19/h1-6,9,17H,7-8,10H2,(H2,16,20). The van der Waals surface area contributed by atoms with Crippen LogP contribution in [0.2, 0.25) is 0 Å². The number of hydrogen-bond acceptors (Lipinski definition) is 4. The molecule has 0 unspecified atom stereocenters. The van der Waals surface area contributed by atoms with Crippen LogP contribution in [0.15, 0.2) is 42.6 Å². The van der Waals surface area contributed by atoms with Gasteiger partial charge in [-0.15, -0.1) is 0 Å². The van der Waals surface area contributed by atoms with Crippen molar-refractivity contribution >= 4 is 17.3 Å². The molecule has 0 saturated carbocycles. The first kappa shape index (κ1) is 12.6. The Labute approximate surface area is 117 Å². The minimum absolute atomic E-state index is 0.289. The van der Waals surface area contributed by atoms with Crippen molar-refractivity contribution in [2.45, 2.75) is 6.54 Å². The smallest absolute Gasteiger partial charge is 0.267 e. The Balaban J connectivity index is 2.05. The van der Waals surface area contributed by atoms with E-state index in [9.17, 15) is 4.79 Å². The molecule has 5 heteroatoms. The van der Waals surface area contributed by atoms with Gasteiger partial charge in [0, 0.05) is 37.2 Å². The Hall–Kier alpha value is -2.40. The number of fused-ring (bicyclic) bond motifs is 1. The molecule has 1 aliphatic rings. The van der Waals surface area contributed by atoms with Gasteiger partial charge in [-0.25, -0.2) is 0 Å². The summed E-state index contributed by atoms with van der Waals surface area (Å²) in [4.78, 5) is 17.5. The van der Waals surface area contributed by atoms with Crippen LogP contribution in [0.3, 0.4) is 0 Å². The van der Waals surface area contributed by atoms with E-state index in [1.807, 2.05) is 18.2 Å². The first-order valence-corrected chi connectivity index (χ1v) is 6.58. The zero-order valence-corrected chi connectivity index (χ0v) is 11.0. The van der Waals surface area contributed by atoms with Crippen molar-refractivity contribution in [1.82, 2.24) is 10.3 Å². The zero-order chi connectivity index (χ0) is 13.9. The summed E-state index contributed by atoms with van der Waals surface area (Å²) in [5.41, 5.74) is 8.92. The summed E-state index contributed by atoms with van der Waals surface area (Å²) in [5, 5.41) is 3.39. The third kappa shape index (κ3) is 2.35. The van der Waals surface area contributed by atoms with Crippen molar-refractivity contribution in [1.29, 1.82) is 0 Å². The number of carbonyl (C=O) groups is 1. The average molecular weight is 268 g/mol. The fourth-order valence-electron chi connectivity index (χ4n) is 2.45. The molecule has 0 saturated heterocycles. The van der Waals surface area contributed by atoms with Crippen LogP contribution in [0.4, 0.5) is 11.4 Å². The highest BCUT2D eigenvalue weighted by Crippen LogP contribution is 2.29. The minimum atomic E-state index is -0.506. The van der Waals surface area contributed by atoms with Gasteiger partial charge < -0.3 is 16.0 Å². The van der Waals surface area contributed by atoms with Crippen molar-refractivity contribution in [2.24, 2.45) is 5.73 Å². The molecule has 2 heterocycles. The van der Waals surface area contributed by atoms with E-state index >= 15 is 0 Å². The SMILES string of the molecule is NC(=O)c1cc(N2CCNCc3ccccc32)ccn1. The van der Waals surface area contributed by atoms with E-state index in [2.05, 4.69) is 27.3 Å². The van der Waals surface area contributed by atoms with Gasteiger partial charge in [0.15, 0.2) is 0 Å². The molecule has 0 aliphatic carbocycles. The van der Waals surface area contributed by atoms with Crippen LogP contribution < -0.4 is 16.0 Å². The maximum Gasteiger partial charge on any atom is 0.267 e. The predicted molar refractivity (Wildman–Crippen MR) is 77.9 cm³/mol. The molecule has 1 aliphatic heterocycles. The molecular formula is C15H16N4O. The maximum atomic E-state index is 11.3. The quantitative estimate of drug-likeness (QED) is 0.864. The highest BCUT2D eigenvalue weighted by molar-refractivity contribution is 5.92. The monoisotopic (exact) mass is 268 g/mol. The molecule has 1 aromatic carbocycles. The van der Waals surface area contributed by atoms with Crippen LogP contribution in [-0.2, 0) is 6.54 Å². The van der Waals surface area contributed by atoms with E-state index in [0.29, 0.717) is 0 Å². The number of amides is 1. The molecule has 0 spiro atoms. The number of nitrogens with two attached hydrogens (primary N) is 1. The van der Waals surface area contributed by atoms with Gasteiger partial charge in [-0.05, 0) is 23.8 Å². The number of rotatable bonds is 2. The summed E-state index contributed by atoms with van der Waals surface area (Å²) in [5.74, 6) is -0.506. The Bertz CT molecular complexity index is 641. The summed E-state index contributed by atoms with van der Waals surface area (Å²) in [6, 6.07) is 11.9. The molecule has 2 aromatic rings. The predicted octanol–water partition coefficient (Wildman–Crippen LogP) is 1.42. The molecule has 102 valence electrons.